The van der Waals surface area contributed by atoms with Gasteiger partial charge in [-0.25, -0.2) is 4.98 Å². The number of aromatic amines is 1. The Labute approximate surface area is 161 Å². The third kappa shape index (κ3) is 4.11. The number of fused-ring (bicyclic) bond motifs is 1. The molecule has 0 amide bonds. The fourth-order valence-electron chi connectivity index (χ4n) is 2.39. The quantitative estimate of drug-likeness (QED) is 0.247. The van der Waals surface area contributed by atoms with Gasteiger partial charge in [-0.05, 0) is 0 Å². The van der Waals surface area contributed by atoms with Crippen LogP contribution in [0.4, 0.5) is 5.95 Å². The first-order chi connectivity index (χ1) is 11.2. The molecule has 1 unspecified atom stereocenters. The van der Waals surface area contributed by atoms with Crippen molar-refractivity contribution in [3.05, 3.63) is 16.7 Å². The molecule has 0 saturated carbocycles. The predicted octanol–water partition coefficient (Wildman–Crippen LogP) is -6.20. The van der Waals surface area contributed by atoms with E-state index in [0.29, 0.717) is 0 Å². The van der Waals surface area contributed by atoms with Gasteiger partial charge in [0.05, 0.1) is 12.9 Å². The van der Waals surface area contributed by atoms with Crippen molar-refractivity contribution in [3.63, 3.8) is 0 Å². The van der Waals surface area contributed by atoms with Crippen LogP contribution in [-0.4, -0.2) is 59.5 Å². The number of aliphatic hydroxyl groups is 2. The molecule has 13 nitrogen and oxygen atoms in total. The molecule has 6 N–H and O–H groups in total. The number of aliphatic hydroxyl groups excluding tert-OH is 2. The number of aromatic nitrogens is 4. The van der Waals surface area contributed by atoms with Crippen molar-refractivity contribution >= 4 is 24.9 Å². The molecule has 1 aliphatic rings. The van der Waals surface area contributed by atoms with Gasteiger partial charge in [0, 0.05) is 0 Å². The second-order valence-electron chi connectivity index (χ2n) is 5.09. The second kappa shape index (κ2) is 7.40. The van der Waals surface area contributed by atoms with Gasteiger partial charge in [-0.2, -0.15) is 4.98 Å². The number of rotatable bonds is 4. The third-order valence-electron chi connectivity index (χ3n) is 3.46. The van der Waals surface area contributed by atoms with Crippen molar-refractivity contribution in [1.29, 1.82) is 0 Å². The molecule has 2 aromatic heterocycles. The van der Waals surface area contributed by atoms with Gasteiger partial charge in [0.1, 0.15) is 18.3 Å². The van der Waals surface area contributed by atoms with Crippen molar-refractivity contribution < 1.29 is 63.4 Å². The molecule has 1 fully saturated rings. The summed E-state index contributed by atoms with van der Waals surface area (Å²) in [5.41, 5.74) is 4.81. The van der Waals surface area contributed by atoms with Gasteiger partial charge in [-0.3, -0.25) is 18.9 Å². The zero-order valence-electron chi connectivity index (χ0n) is 12.8. The van der Waals surface area contributed by atoms with E-state index in [4.69, 9.17) is 15.4 Å². The first-order valence-electron chi connectivity index (χ1n) is 6.59. The Bertz CT molecular complexity index is 867. The average Bonchev–Trinajstić information content (AvgIpc) is 3.00. The summed E-state index contributed by atoms with van der Waals surface area (Å²) in [6.07, 6.45) is -4.34. The van der Waals surface area contributed by atoms with Crippen LogP contribution in [0.25, 0.3) is 11.2 Å². The number of anilines is 1. The molecule has 1 saturated heterocycles. The third-order valence-corrected chi connectivity index (χ3v) is 3.94. The largest absolute Gasteiger partial charge is 1.00 e. The number of hydrogen-bond acceptors (Lipinski definition) is 10. The van der Waals surface area contributed by atoms with Crippen LogP contribution in [0.2, 0.25) is 0 Å². The normalized spacial score (nSPS) is 28.6. The first-order valence-corrected chi connectivity index (χ1v) is 8.09. The smallest absolute Gasteiger partial charge is 0.756 e. The van der Waals surface area contributed by atoms with Crippen molar-refractivity contribution in [2.45, 2.75) is 24.5 Å². The van der Waals surface area contributed by atoms with Crippen molar-refractivity contribution in [3.8, 4) is 0 Å². The van der Waals surface area contributed by atoms with Crippen LogP contribution in [0.3, 0.4) is 0 Å². The number of imidazole rings is 1. The molecule has 5 atom stereocenters. The number of ether oxygens (including phenoxy) is 1. The molecule has 132 valence electrons. The van der Waals surface area contributed by atoms with Crippen LogP contribution < -0.4 is 45.7 Å². The van der Waals surface area contributed by atoms with Crippen molar-refractivity contribution in [2.75, 3.05) is 12.3 Å². The molecule has 3 heterocycles. The molecular weight excluding hydrogens is 372 g/mol. The van der Waals surface area contributed by atoms with Crippen LogP contribution in [0.5, 0.6) is 0 Å². The van der Waals surface area contributed by atoms with E-state index in [0.717, 1.165) is 6.33 Å². The minimum absolute atomic E-state index is 0. The molecule has 3 rings (SSSR count). The number of nitrogen functional groups attached to an aromatic ring is 1. The zero-order valence-corrected chi connectivity index (χ0v) is 15.7. The number of nitrogens with two attached hydrogens (primary N) is 1. The molecule has 0 aliphatic carbocycles. The summed E-state index contributed by atoms with van der Waals surface area (Å²) in [4.78, 5) is 40.9. The fourth-order valence-corrected chi connectivity index (χ4v) is 2.73. The number of phosphoric ester groups is 1. The summed E-state index contributed by atoms with van der Waals surface area (Å²) in [7, 11) is -5.01. The predicted molar refractivity (Wildman–Crippen MR) is 74.3 cm³/mol. The summed E-state index contributed by atoms with van der Waals surface area (Å²) in [5, 5.41) is 20.0. The van der Waals surface area contributed by atoms with Crippen LogP contribution >= 0.6 is 7.82 Å². The summed E-state index contributed by atoms with van der Waals surface area (Å²) >= 11 is 0. The number of H-pyrrole nitrogens is 1. The van der Waals surface area contributed by atoms with E-state index in [2.05, 4.69) is 19.5 Å². The Morgan fingerprint density at radius 3 is 2.80 bits per heavy atom. The minimum Gasteiger partial charge on any atom is -0.756 e. The molecule has 0 radical (unpaired) electrons. The van der Waals surface area contributed by atoms with Gasteiger partial charge in [0.15, 0.2) is 17.4 Å². The van der Waals surface area contributed by atoms with E-state index in [1.165, 1.54) is 4.57 Å². The second-order valence-corrected chi connectivity index (χ2v) is 6.28. The number of nitrogens with zero attached hydrogens (tertiary/aromatic N) is 3. The summed E-state index contributed by atoms with van der Waals surface area (Å²) < 4.78 is 21.3. The molecule has 0 aromatic carbocycles. The summed E-state index contributed by atoms with van der Waals surface area (Å²) in [5.74, 6) is -0.185. The van der Waals surface area contributed by atoms with Crippen LogP contribution in [0.15, 0.2) is 11.1 Å². The Hall–Kier alpha value is -0.860. The number of hydrogen-bond donors (Lipinski definition) is 5. The summed E-state index contributed by atoms with van der Waals surface area (Å²) in [6.45, 7) is -0.714. The van der Waals surface area contributed by atoms with E-state index < -0.39 is 44.5 Å². The Kier molecular flexibility index (Phi) is 6.06. The number of nitrogens with one attached hydrogen (secondary N) is 1. The standard InChI is InChI=1S/C10H14N5O8P.Na/c11-10-13-7-4(8(18)14-10)12-2-15(7)9-6(17)5(16)3(23-9)1-22-24(19,20)21;/h2-3,5-6,9,16-17H,1H2,(H2,19,20,21)(H3,11,13,14,18);/q;+1/p-1/t3-,5-,6-,9-;/m1./s1. The van der Waals surface area contributed by atoms with Crippen molar-refractivity contribution in [1.82, 2.24) is 19.5 Å². The topological polar surface area (TPSA) is 209 Å². The van der Waals surface area contributed by atoms with E-state index in [1.807, 2.05) is 0 Å². The van der Waals surface area contributed by atoms with E-state index in [9.17, 15) is 24.5 Å². The maximum atomic E-state index is 11.7. The molecule has 1 aliphatic heterocycles. The van der Waals surface area contributed by atoms with Gasteiger partial charge in [0.25, 0.3) is 13.4 Å². The van der Waals surface area contributed by atoms with E-state index >= 15 is 0 Å². The van der Waals surface area contributed by atoms with Gasteiger partial charge in [-0.15, -0.1) is 0 Å². The van der Waals surface area contributed by atoms with Gasteiger partial charge in [-0.1, -0.05) is 0 Å². The molecule has 0 bridgehead atoms. The van der Waals surface area contributed by atoms with Gasteiger partial charge in [0.2, 0.25) is 5.95 Å². The van der Waals surface area contributed by atoms with Gasteiger partial charge < -0.3 is 35.0 Å². The van der Waals surface area contributed by atoms with Crippen LogP contribution in [-0.2, 0) is 13.8 Å². The molecule has 15 heteroatoms. The Balaban J connectivity index is 0.00000225. The SMILES string of the molecule is Nc1nc2c(ncn2[C@@H]2O[C@H](COP(=O)([O-])O)[C@@H](O)[C@H]2O)c(=O)[nH]1.[Na+]. The molecular formula is C10H13N5NaO8P. The minimum atomic E-state index is -5.01. The van der Waals surface area contributed by atoms with E-state index in [1.54, 1.807) is 0 Å². The Morgan fingerprint density at radius 1 is 1.48 bits per heavy atom. The maximum Gasteiger partial charge on any atom is 1.00 e. The maximum absolute atomic E-state index is 11.7. The summed E-state index contributed by atoms with van der Waals surface area (Å²) in [6, 6.07) is 0. The first kappa shape index (κ1) is 20.5. The Morgan fingerprint density at radius 2 is 2.16 bits per heavy atom. The van der Waals surface area contributed by atoms with Crippen molar-refractivity contribution in [2.24, 2.45) is 0 Å². The molecule has 0 spiro atoms. The monoisotopic (exact) mass is 385 g/mol. The van der Waals surface area contributed by atoms with Crippen LogP contribution in [0.1, 0.15) is 6.23 Å². The van der Waals surface area contributed by atoms with E-state index in [-0.39, 0.29) is 46.7 Å². The fraction of sp³-hybridized carbons (Fsp3) is 0.500. The molecule has 25 heavy (non-hydrogen) atoms. The van der Waals surface area contributed by atoms with Gasteiger partial charge >= 0.3 is 29.6 Å². The number of phosphoric acid groups is 1. The molecule has 2 aromatic rings. The van der Waals surface area contributed by atoms with Crippen LogP contribution in [0, 0.1) is 0 Å². The average molecular weight is 385 g/mol. The zero-order chi connectivity index (χ0) is 17.6.